The molecule has 9 aromatic rings. The third-order valence-electron chi connectivity index (χ3n) is 15.3. The van der Waals surface area contributed by atoms with Crippen molar-refractivity contribution in [1.82, 2.24) is 15.2 Å². The molecule has 0 bridgehead atoms. The molecule has 5 aliphatic rings. The highest BCUT2D eigenvalue weighted by atomic mass is 15.3. The van der Waals surface area contributed by atoms with Gasteiger partial charge in [0.25, 0.3) is 0 Å². The van der Waals surface area contributed by atoms with Gasteiger partial charge in [-0.25, -0.2) is 4.99 Å². The normalized spacial score (nSPS) is 22.7. The van der Waals surface area contributed by atoms with E-state index in [1.165, 1.54) is 65.7 Å². The van der Waals surface area contributed by atoms with Crippen molar-refractivity contribution in [2.45, 2.75) is 37.3 Å². The zero-order valence-corrected chi connectivity index (χ0v) is 37.6. The first kappa shape index (κ1) is 39.2. The fourth-order valence-electron chi connectivity index (χ4n) is 12.2. The Labute approximate surface area is 396 Å². The molecular weight excluding hydrogens is 827 g/mol. The molecule has 1 aromatic heterocycles. The van der Waals surface area contributed by atoms with Crippen LogP contribution in [0.15, 0.2) is 241 Å². The van der Waals surface area contributed by atoms with Crippen LogP contribution in [0.5, 0.6) is 0 Å². The molecule has 0 spiro atoms. The third-order valence-corrected chi connectivity index (χ3v) is 15.3. The average Bonchev–Trinajstić information content (AvgIpc) is 3.93. The van der Waals surface area contributed by atoms with E-state index in [4.69, 9.17) is 4.99 Å². The lowest BCUT2D eigenvalue weighted by molar-refractivity contribution is 0.409. The van der Waals surface area contributed by atoms with Gasteiger partial charge in [0.05, 0.1) is 23.1 Å². The SMILES string of the molecule is C1=CC2C3C4=C(C=CCC4)C=CC3N(c3cccc4cc5c6ccccc6n(-c6ccc7cc(C8NC(c9ccccc9)=NC(c9cccc(-c%10ccccc%10)c9)N8)ccc7c6)c5cc34)C2C=C1. The van der Waals surface area contributed by atoms with Crippen molar-refractivity contribution in [3.63, 3.8) is 0 Å². The molecule has 3 heterocycles. The summed E-state index contributed by atoms with van der Waals surface area (Å²) in [6.07, 6.45) is 20.9. The van der Waals surface area contributed by atoms with E-state index in [9.17, 15) is 0 Å². The number of aromatic nitrogens is 1. The Morgan fingerprint density at radius 3 is 2.24 bits per heavy atom. The lowest BCUT2D eigenvalue weighted by Gasteiger charge is -2.35. The number of nitrogens with one attached hydrogen (secondary N) is 2. The monoisotopic (exact) mass is 875 g/mol. The molecule has 0 amide bonds. The predicted octanol–water partition coefficient (Wildman–Crippen LogP) is 14.2. The molecule has 2 aliphatic heterocycles. The molecule has 14 rings (SSSR count). The van der Waals surface area contributed by atoms with Crippen LogP contribution in [0.2, 0.25) is 0 Å². The topological polar surface area (TPSA) is 44.6 Å². The second-order valence-corrected chi connectivity index (χ2v) is 19.0. The molecule has 6 atom stereocenters. The second-order valence-electron chi connectivity index (χ2n) is 19.0. The molecule has 8 aromatic carbocycles. The van der Waals surface area contributed by atoms with Crippen LogP contribution in [0, 0.1) is 11.8 Å². The summed E-state index contributed by atoms with van der Waals surface area (Å²) in [5, 5.41) is 15.1. The third kappa shape index (κ3) is 6.37. The number of amidine groups is 1. The van der Waals surface area contributed by atoms with E-state index in [-0.39, 0.29) is 12.3 Å². The van der Waals surface area contributed by atoms with Gasteiger partial charge < -0.3 is 14.8 Å². The summed E-state index contributed by atoms with van der Waals surface area (Å²) in [7, 11) is 0. The van der Waals surface area contributed by atoms with E-state index in [0.717, 1.165) is 41.1 Å². The maximum Gasteiger partial charge on any atom is 0.131 e. The molecule has 326 valence electrons. The Balaban J connectivity index is 0.847. The zero-order chi connectivity index (χ0) is 44.7. The van der Waals surface area contributed by atoms with Crippen molar-refractivity contribution < 1.29 is 0 Å². The Kier molecular flexibility index (Phi) is 9.12. The van der Waals surface area contributed by atoms with Crippen molar-refractivity contribution >= 4 is 54.9 Å². The van der Waals surface area contributed by atoms with Crippen LogP contribution >= 0.6 is 0 Å². The van der Waals surface area contributed by atoms with Crippen LogP contribution in [0.3, 0.4) is 0 Å². The largest absolute Gasteiger partial charge is 0.357 e. The van der Waals surface area contributed by atoms with Crippen molar-refractivity contribution in [3.05, 3.63) is 252 Å². The van der Waals surface area contributed by atoms with Crippen molar-refractivity contribution in [3.8, 4) is 16.8 Å². The van der Waals surface area contributed by atoms with Crippen molar-refractivity contribution in [2.75, 3.05) is 4.90 Å². The van der Waals surface area contributed by atoms with Crippen LogP contribution < -0.4 is 15.5 Å². The Morgan fingerprint density at radius 2 is 1.32 bits per heavy atom. The molecule has 1 saturated heterocycles. The summed E-state index contributed by atoms with van der Waals surface area (Å²) in [6.45, 7) is 0. The van der Waals surface area contributed by atoms with Crippen molar-refractivity contribution in [2.24, 2.45) is 16.8 Å². The number of para-hydroxylation sites is 1. The summed E-state index contributed by atoms with van der Waals surface area (Å²) in [4.78, 5) is 8.01. The first-order valence-corrected chi connectivity index (χ1v) is 24.2. The molecule has 5 nitrogen and oxygen atoms in total. The lowest BCUT2D eigenvalue weighted by atomic mass is 9.73. The maximum atomic E-state index is 5.26. The van der Waals surface area contributed by atoms with E-state index < -0.39 is 0 Å². The van der Waals surface area contributed by atoms with Gasteiger partial charge >= 0.3 is 0 Å². The van der Waals surface area contributed by atoms with Crippen LogP contribution in [0.4, 0.5) is 5.69 Å². The first-order valence-electron chi connectivity index (χ1n) is 24.2. The summed E-state index contributed by atoms with van der Waals surface area (Å²) in [5.41, 5.74) is 13.7. The molecular formula is C63H49N5. The fraction of sp³-hybridized carbons (Fsp3) is 0.127. The number of fused-ring (bicyclic) bond motifs is 9. The van der Waals surface area contributed by atoms with Gasteiger partial charge in [-0.05, 0) is 105 Å². The Morgan fingerprint density at radius 1 is 0.529 bits per heavy atom. The molecule has 2 N–H and O–H groups in total. The van der Waals surface area contributed by atoms with Crippen LogP contribution in [0.25, 0.3) is 60.2 Å². The van der Waals surface area contributed by atoms with Gasteiger partial charge in [0, 0.05) is 44.9 Å². The van der Waals surface area contributed by atoms with Crippen LogP contribution in [-0.4, -0.2) is 22.5 Å². The Bertz CT molecular complexity index is 3680. The lowest BCUT2D eigenvalue weighted by Crippen LogP contribution is -2.44. The summed E-state index contributed by atoms with van der Waals surface area (Å²) in [5.74, 6) is 1.79. The number of aliphatic imine (C=N–C) groups is 1. The van der Waals surface area contributed by atoms with E-state index in [0.29, 0.717) is 23.9 Å². The number of allylic oxidation sites excluding steroid dienone is 6. The van der Waals surface area contributed by atoms with E-state index in [1.807, 2.05) is 0 Å². The maximum absolute atomic E-state index is 5.26. The standard InChI is InChI=1S/C63H49N5/c1-3-15-40(16-4-1)43-20-13-22-47(35-43)62-64-61(42-18-5-2-6-19-42)65-63(66-62)48-30-29-45-37-49(33-31-44(45)36-48)67-55-26-11-9-24-51(55)54-38-46-21-14-28-57(53(46)39-59(54)67)68-56-27-12-10-25-52(56)60-50-23-8-7-17-41(50)32-34-58(60)68/h1-7,9-22,24-39,52,56,58,60,62-63,66H,8,23H2,(H,64,65). The van der Waals surface area contributed by atoms with Crippen LogP contribution in [0.1, 0.15) is 41.9 Å². The number of hydrogen-bond acceptors (Lipinski definition) is 4. The molecule has 0 saturated carbocycles. The summed E-state index contributed by atoms with van der Waals surface area (Å²) >= 11 is 0. The molecule has 68 heavy (non-hydrogen) atoms. The highest BCUT2D eigenvalue weighted by Crippen LogP contribution is 2.51. The highest BCUT2D eigenvalue weighted by Gasteiger charge is 2.49. The zero-order valence-electron chi connectivity index (χ0n) is 37.6. The van der Waals surface area contributed by atoms with Gasteiger partial charge in [0.1, 0.15) is 18.2 Å². The molecule has 3 aliphatic carbocycles. The van der Waals surface area contributed by atoms with E-state index in [2.05, 4.69) is 245 Å². The predicted molar refractivity (Wildman–Crippen MR) is 282 cm³/mol. The van der Waals surface area contributed by atoms with Gasteiger partial charge in [-0.2, -0.15) is 0 Å². The quantitative estimate of drug-likeness (QED) is 0.175. The van der Waals surface area contributed by atoms with Gasteiger partial charge in [0.2, 0.25) is 0 Å². The van der Waals surface area contributed by atoms with Gasteiger partial charge in [0.15, 0.2) is 0 Å². The van der Waals surface area contributed by atoms with E-state index in [1.54, 1.807) is 5.57 Å². The highest BCUT2D eigenvalue weighted by molar-refractivity contribution is 6.15. The summed E-state index contributed by atoms with van der Waals surface area (Å²) in [6, 6.07) is 65.0. The molecule has 1 fully saturated rings. The van der Waals surface area contributed by atoms with Gasteiger partial charge in [-0.3, -0.25) is 5.32 Å². The van der Waals surface area contributed by atoms with Gasteiger partial charge in [-0.15, -0.1) is 0 Å². The number of rotatable bonds is 6. The smallest absolute Gasteiger partial charge is 0.131 e. The number of hydrogen-bond donors (Lipinski definition) is 2. The van der Waals surface area contributed by atoms with Crippen molar-refractivity contribution in [1.29, 1.82) is 0 Å². The summed E-state index contributed by atoms with van der Waals surface area (Å²) < 4.78 is 2.49. The molecule has 6 unspecified atom stereocenters. The fourth-order valence-corrected chi connectivity index (χ4v) is 12.2. The minimum atomic E-state index is -0.243. The van der Waals surface area contributed by atoms with E-state index >= 15 is 0 Å². The average molecular weight is 876 g/mol. The molecule has 5 heteroatoms. The number of benzene rings is 8. The minimum Gasteiger partial charge on any atom is -0.357 e. The minimum absolute atomic E-state index is 0.166. The van der Waals surface area contributed by atoms with Crippen LogP contribution in [-0.2, 0) is 0 Å². The second kappa shape index (κ2) is 15.8. The van der Waals surface area contributed by atoms with Gasteiger partial charge in [-0.1, -0.05) is 182 Å². The Hall–Kier alpha value is -7.99. The first-order chi connectivity index (χ1) is 33.7. The number of nitrogens with zero attached hydrogens (tertiary/aromatic N) is 3. The molecule has 0 radical (unpaired) electrons. The number of anilines is 1.